The summed E-state index contributed by atoms with van der Waals surface area (Å²) in [6.07, 6.45) is 2.64. The number of halogens is 1. The van der Waals surface area contributed by atoms with E-state index in [2.05, 4.69) is 57.3 Å². The SMILES string of the molecule is Brc1cccc(CSC2CCNCC2)c1. The zero-order chi connectivity index (χ0) is 10.5. The molecule has 2 rings (SSSR count). The number of hydrogen-bond donors (Lipinski definition) is 1. The first-order valence-electron chi connectivity index (χ1n) is 5.41. The van der Waals surface area contributed by atoms with E-state index >= 15 is 0 Å². The van der Waals surface area contributed by atoms with Gasteiger partial charge in [-0.1, -0.05) is 28.1 Å². The number of thioether (sulfide) groups is 1. The number of piperidine rings is 1. The summed E-state index contributed by atoms with van der Waals surface area (Å²) in [6.45, 7) is 2.38. The van der Waals surface area contributed by atoms with Crippen LogP contribution in [0.5, 0.6) is 0 Å². The van der Waals surface area contributed by atoms with E-state index < -0.39 is 0 Å². The van der Waals surface area contributed by atoms with Crippen molar-refractivity contribution < 1.29 is 0 Å². The van der Waals surface area contributed by atoms with Gasteiger partial charge in [-0.15, -0.1) is 0 Å². The molecule has 15 heavy (non-hydrogen) atoms. The molecule has 82 valence electrons. The number of hydrogen-bond acceptors (Lipinski definition) is 2. The molecule has 1 aromatic carbocycles. The van der Waals surface area contributed by atoms with Crippen molar-refractivity contribution in [2.45, 2.75) is 23.8 Å². The fourth-order valence-electron chi connectivity index (χ4n) is 1.80. The third-order valence-electron chi connectivity index (χ3n) is 2.66. The van der Waals surface area contributed by atoms with Crippen LogP contribution in [0.15, 0.2) is 28.7 Å². The summed E-state index contributed by atoms with van der Waals surface area (Å²) in [5, 5.41) is 4.25. The molecule has 3 heteroatoms. The van der Waals surface area contributed by atoms with Gasteiger partial charge in [-0.3, -0.25) is 0 Å². The van der Waals surface area contributed by atoms with Crippen molar-refractivity contribution in [3.05, 3.63) is 34.3 Å². The van der Waals surface area contributed by atoms with Crippen LogP contribution < -0.4 is 5.32 Å². The highest BCUT2D eigenvalue weighted by Gasteiger charge is 2.12. The summed E-state index contributed by atoms with van der Waals surface area (Å²) >= 11 is 5.61. The highest BCUT2D eigenvalue weighted by atomic mass is 79.9. The Kier molecular flexibility index (Phi) is 4.54. The van der Waals surface area contributed by atoms with E-state index in [1.807, 2.05) is 0 Å². The summed E-state index contributed by atoms with van der Waals surface area (Å²) in [7, 11) is 0. The van der Waals surface area contributed by atoms with E-state index in [4.69, 9.17) is 0 Å². The molecule has 0 radical (unpaired) electrons. The van der Waals surface area contributed by atoms with Crippen LogP contribution in [0.3, 0.4) is 0 Å². The average Bonchev–Trinajstić information content (AvgIpc) is 2.28. The lowest BCUT2D eigenvalue weighted by Gasteiger charge is -2.22. The van der Waals surface area contributed by atoms with Crippen molar-refractivity contribution in [2.75, 3.05) is 13.1 Å². The Bertz CT molecular complexity index is 310. The Balaban J connectivity index is 1.81. The predicted molar refractivity (Wildman–Crippen MR) is 71.3 cm³/mol. The standard InChI is InChI=1S/C12H16BrNS/c13-11-3-1-2-10(8-11)9-15-12-4-6-14-7-5-12/h1-3,8,12,14H,4-7,9H2. The molecule has 0 saturated carbocycles. The van der Waals surface area contributed by atoms with Gasteiger partial charge >= 0.3 is 0 Å². The van der Waals surface area contributed by atoms with Crippen LogP contribution in [-0.4, -0.2) is 18.3 Å². The number of benzene rings is 1. The first kappa shape index (κ1) is 11.5. The normalized spacial score (nSPS) is 17.9. The van der Waals surface area contributed by atoms with Crippen molar-refractivity contribution in [1.29, 1.82) is 0 Å². The lowest BCUT2D eigenvalue weighted by Crippen LogP contribution is -2.29. The zero-order valence-electron chi connectivity index (χ0n) is 8.71. The Morgan fingerprint density at radius 2 is 2.13 bits per heavy atom. The van der Waals surface area contributed by atoms with Crippen LogP contribution >= 0.6 is 27.7 Å². The van der Waals surface area contributed by atoms with Gasteiger partial charge in [0.05, 0.1) is 0 Å². The van der Waals surface area contributed by atoms with Crippen molar-refractivity contribution in [2.24, 2.45) is 0 Å². The third kappa shape index (κ3) is 3.82. The van der Waals surface area contributed by atoms with E-state index in [1.54, 1.807) is 0 Å². The highest BCUT2D eigenvalue weighted by molar-refractivity contribution is 9.10. The van der Waals surface area contributed by atoms with Gasteiger partial charge in [0.1, 0.15) is 0 Å². The minimum absolute atomic E-state index is 0.852. The lowest BCUT2D eigenvalue weighted by molar-refractivity contribution is 0.531. The summed E-state index contributed by atoms with van der Waals surface area (Å²) in [5.74, 6) is 1.14. The molecule has 0 bridgehead atoms. The molecule has 0 atom stereocenters. The summed E-state index contributed by atoms with van der Waals surface area (Å²) in [6, 6.07) is 8.62. The fraction of sp³-hybridized carbons (Fsp3) is 0.500. The molecule has 0 amide bonds. The summed E-state index contributed by atoms with van der Waals surface area (Å²) in [4.78, 5) is 0. The maximum Gasteiger partial charge on any atom is 0.0187 e. The second-order valence-electron chi connectivity index (χ2n) is 3.89. The third-order valence-corrected chi connectivity index (χ3v) is 4.60. The van der Waals surface area contributed by atoms with Gasteiger partial charge in [-0.05, 0) is 43.6 Å². The van der Waals surface area contributed by atoms with E-state index in [-0.39, 0.29) is 0 Å². The molecule has 1 N–H and O–H groups in total. The van der Waals surface area contributed by atoms with Gasteiger partial charge in [-0.25, -0.2) is 0 Å². The van der Waals surface area contributed by atoms with Crippen molar-refractivity contribution >= 4 is 27.7 Å². The second kappa shape index (κ2) is 5.92. The van der Waals surface area contributed by atoms with E-state index in [0.717, 1.165) is 11.0 Å². The van der Waals surface area contributed by atoms with Crippen LogP contribution in [0.25, 0.3) is 0 Å². The van der Waals surface area contributed by atoms with E-state index in [1.165, 1.54) is 36.0 Å². The Labute approximate surface area is 104 Å². The lowest BCUT2D eigenvalue weighted by atomic mass is 10.2. The van der Waals surface area contributed by atoms with Gasteiger partial charge in [0.15, 0.2) is 0 Å². The van der Waals surface area contributed by atoms with Crippen LogP contribution in [0, 0.1) is 0 Å². The molecule has 0 spiro atoms. The largest absolute Gasteiger partial charge is 0.317 e. The van der Waals surface area contributed by atoms with Gasteiger partial charge in [0, 0.05) is 15.5 Å². The molecule has 1 aromatic rings. The second-order valence-corrected chi connectivity index (χ2v) is 6.09. The van der Waals surface area contributed by atoms with Gasteiger partial charge in [-0.2, -0.15) is 11.8 Å². The topological polar surface area (TPSA) is 12.0 Å². The molecule has 1 nitrogen and oxygen atoms in total. The first-order valence-corrected chi connectivity index (χ1v) is 7.25. The minimum atomic E-state index is 0.852. The fourth-order valence-corrected chi connectivity index (χ4v) is 3.43. The van der Waals surface area contributed by atoms with Crippen LogP contribution in [0.2, 0.25) is 0 Å². The van der Waals surface area contributed by atoms with Gasteiger partial charge in [0.2, 0.25) is 0 Å². The summed E-state index contributed by atoms with van der Waals surface area (Å²) in [5.41, 5.74) is 1.42. The van der Waals surface area contributed by atoms with Crippen LogP contribution in [-0.2, 0) is 5.75 Å². The maximum absolute atomic E-state index is 3.51. The molecule has 1 fully saturated rings. The summed E-state index contributed by atoms with van der Waals surface area (Å²) < 4.78 is 1.19. The van der Waals surface area contributed by atoms with Crippen LogP contribution in [0.4, 0.5) is 0 Å². The van der Waals surface area contributed by atoms with Crippen molar-refractivity contribution in [1.82, 2.24) is 5.32 Å². The molecule has 1 heterocycles. The monoisotopic (exact) mass is 285 g/mol. The van der Waals surface area contributed by atoms with E-state index in [0.29, 0.717) is 0 Å². The van der Waals surface area contributed by atoms with Gasteiger partial charge < -0.3 is 5.32 Å². The molecule has 1 saturated heterocycles. The quantitative estimate of drug-likeness (QED) is 0.913. The minimum Gasteiger partial charge on any atom is -0.317 e. The molecule has 1 aliphatic rings. The molecular weight excluding hydrogens is 270 g/mol. The average molecular weight is 286 g/mol. The predicted octanol–water partition coefficient (Wildman–Crippen LogP) is 3.43. The molecule has 0 aromatic heterocycles. The maximum atomic E-state index is 3.51. The van der Waals surface area contributed by atoms with Crippen LogP contribution in [0.1, 0.15) is 18.4 Å². The van der Waals surface area contributed by atoms with Crippen molar-refractivity contribution in [3.8, 4) is 0 Å². The Hall–Kier alpha value is 0.01000. The molecule has 0 unspecified atom stereocenters. The molecular formula is C12H16BrNS. The van der Waals surface area contributed by atoms with E-state index in [9.17, 15) is 0 Å². The zero-order valence-corrected chi connectivity index (χ0v) is 11.1. The number of nitrogens with one attached hydrogen (secondary N) is 1. The number of rotatable bonds is 3. The smallest absolute Gasteiger partial charge is 0.0187 e. The Morgan fingerprint density at radius 1 is 1.33 bits per heavy atom. The molecule has 1 aliphatic heterocycles. The first-order chi connectivity index (χ1) is 7.34. The van der Waals surface area contributed by atoms with Gasteiger partial charge in [0.25, 0.3) is 0 Å². The Morgan fingerprint density at radius 3 is 2.87 bits per heavy atom. The van der Waals surface area contributed by atoms with Crippen molar-refractivity contribution in [3.63, 3.8) is 0 Å². The highest BCUT2D eigenvalue weighted by Crippen LogP contribution is 2.25. The molecule has 0 aliphatic carbocycles.